The molecule has 0 spiro atoms. The second-order valence-electron chi connectivity index (χ2n) is 6.47. The molecule has 0 atom stereocenters. The number of rotatable bonds is 1. The molecule has 0 N–H and O–H groups in total. The van der Waals surface area contributed by atoms with E-state index < -0.39 is 0 Å². The van der Waals surface area contributed by atoms with Crippen molar-refractivity contribution in [2.24, 2.45) is 0 Å². The van der Waals surface area contributed by atoms with E-state index in [1.165, 1.54) is 27.1 Å². The van der Waals surface area contributed by atoms with E-state index in [9.17, 15) is 0 Å². The number of allylic oxidation sites excluding steroid dienone is 5. The van der Waals surface area contributed by atoms with Crippen molar-refractivity contribution >= 4 is 21.5 Å². The van der Waals surface area contributed by atoms with Crippen molar-refractivity contribution in [1.29, 1.82) is 0 Å². The maximum absolute atomic E-state index is 3.49. The van der Waals surface area contributed by atoms with Gasteiger partial charge in [-0.05, 0) is 0 Å². The summed E-state index contributed by atoms with van der Waals surface area (Å²) < 4.78 is 0. The molecule has 174 valence electrons. The molecule has 0 bridgehead atoms. The number of halogens is 2. The standard InChI is InChI=1S/C13H9.C6H7.C6H5.C4H7.CH4.2ClH.Zr/c1-3-7-12-10(5-1)9-11-6-2-4-8-13(11)12;1-6-4-2-3-5-6;1-2-4-6-5-3-1;1-3-4-2;;;;/h1-9H;4-5H,2H2,1H3;1-5H;3H,1-2,4H2;1H4;2*1H;/q4*-1;;;;+2/p-2. The summed E-state index contributed by atoms with van der Waals surface area (Å²) in [5.74, 6) is 0. The van der Waals surface area contributed by atoms with Crippen molar-refractivity contribution in [3.8, 4) is 0 Å². The molecule has 0 aliphatic heterocycles. The van der Waals surface area contributed by atoms with E-state index in [-0.39, 0.29) is 58.4 Å². The van der Waals surface area contributed by atoms with Crippen LogP contribution < -0.4 is 24.8 Å². The molecule has 4 aromatic carbocycles. The first-order valence-electron chi connectivity index (χ1n) is 9.84. The number of benzene rings is 3. The predicted octanol–water partition coefficient (Wildman–Crippen LogP) is 2.93. The first kappa shape index (κ1) is 35.8. The fraction of sp³-hybridized carbons (Fsp3) is 0.133. The molecule has 0 radical (unpaired) electrons. The first-order chi connectivity index (χ1) is 14.3. The van der Waals surface area contributed by atoms with Crippen molar-refractivity contribution in [1.82, 2.24) is 0 Å². The van der Waals surface area contributed by atoms with Gasteiger partial charge >= 0.3 is 26.2 Å². The third kappa shape index (κ3) is 13.5. The van der Waals surface area contributed by atoms with Crippen LogP contribution in [0.4, 0.5) is 0 Å². The molecule has 0 aromatic heterocycles. The first-order valence-corrected chi connectivity index (χ1v) is 9.84. The van der Waals surface area contributed by atoms with Crippen LogP contribution in [0, 0.1) is 19.1 Å². The van der Waals surface area contributed by atoms with Gasteiger partial charge < -0.3 is 31.7 Å². The van der Waals surface area contributed by atoms with Gasteiger partial charge in [-0.3, -0.25) is 6.08 Å². The van der Waals surface area contributed by atoms with Gasteiger partial charge in [-0.15, -0.1) is 65.7 Å². The Labute approximate surface area is 232 Å². The normalized spacial score (nSPS) is 9.94. The summed E-state index contributed by atoms with van der Waals surface area (Å²) in [6.45, 7) is 8.99. The van der Waals surface area contributed by atoms with Crippen LogP contribution in [0.2, 0.25) is 0 Å². The van der Waals surface area contributed by atoms with Crippen LogP contribution in [0.3, 0.4) is 0 Å². The van der Waals surface area contributed by atoms with E-state index in [1.807, 2.05) is 36.4 Å². The minimum Gasteiger partial charge on any atom is -1.00 e. The van der Waals surface area contributed by atoms with Crippen molar-refractivity contribution in [2.75, 3.05) is 0 Å². The summed E-state index contributed by atoms with van der Waals surface area (Å²) in [7, 11) is 0. The molecule has 0 nitrogen and oxygen atoms in total. The van der Waals surface area contributed by atoms with Crippen LogP contribution in [0.25, 0.3) is 21.5 Å². The quantitative estimate of drug-likeness (QED) is 0.251. The van der Waals surface area contributed by atoms with Gasteiger partial charge in [0.15, 0.2) is 0 Å². The van der Waals surface area contributed by atoms with Crippen molar-refractivity contribution in [3.63, 3.8) is 0 Å². The Hall–Kier alpha value is -1.79. The van der Waals surface area contributed by atoms with Crippen LogP contribution in [-0.2, 0) is 26.2 Å². The summed E-state index contributed by atoms with van der Waals surface area (Å²) in [5.41, 5.74) is 1.34. The maximum Gasteiger partial charge on any atom is 2.00 e. The third-order valence-corrected chi connectivity index (χ3v) is 4.21. The third-order valence-electron chi connectivity index (χ3n) is 4.21. The number of hydrogen-bond donors (Lipinski definition) is 0. The van der Waals surface area contributed by atoms with E-state index in [1.54, 1.807) is 6.08 Å². The zero-order valence-electron chi connectivity index (χ0n) is 18.4. The van der Waals surface area contributed by atoms with E-state index in [0.29, 0.717) is 0 Å². The van der Waals surface area contributed by atoms with Gasteiger partial charge in [-0.2, -0.15) is 48.9 Å². The van der Waals surface area contributed by atoms with Gasteiger partial charge in [-0.25, -0.2) is 11.6 Å². The topological polar surface area (TPSA) is 0 Å². The molecular weight excluding hydrogens is 522 g/mol. The maximum atomic E-state index is 3.49. The predicted molar refractivity (Wildman–Crippen MR) is 135 cm³/mol. The molecule has 0 heterocycles. The molecule has 0 unspecified atom stereocenters. The molecule has 0 fully saturated rings. The molecule has 0 saturated heterocycles. The fourth-order valence-electron chi connectivity index (χ4n) is 2.74. The van der Waals surface area contributed by atoms with Gasteiger partial charge in [-0.1, -0.05) is 43.8 Å². The fourth-order valence-corrected chi connectivity index (χ4v) is 2.74. The average Bonchev–Trinajstić information content (AvgIpc) is 3.42. The molecule has 1 aliphatic carbocycles. The summed E-state index contributed by atoms with van der Waals surface area (Å²) in [6.07, 6.45) is 10.8. The summed E-state index contributed by atoms with van der Waals surface area (Å²) >= 11 is 0. The monoisotopic (exact) mass is 552 g/mol. The molecule has 5 rings (SSSR count). The summed E-state index contributed by atoms with van der Waals surface area (Å²) in [6, 6.07) is 31.8. The second-order valence-corrected chi connectivity index (χ2v) is 6.47. The Bertz CT molecular complexity index is 967. The molecular formula is C30H32Cl2Zr-4. The molecule has 3 heteroatoms. The zero-order valence-corrected chi connectivity index (χ0v) is 22.4. The largest absolute Gasteiger partial charge is 2.00 e. The van der Waals surface area contributed by atoms with Gasteiger partial charge in [0.25, 0.3) is 0 Å². The van der Waals surface area contributed by atoms with E-state index in [0.717, 1.165) is 12.8 Å². The van der Waals surface area contributed by atoms with Crippen molar-refractivity contribution < 1.29 is 51.0 Å². The SMILES string of the molecule is C.C=CC[CH2-].CC1=CC[C-]=C1.[Cl-].[Cl-].[Zr+2].[c-]1ccccc1.c1ccc2c(c1)[cH-]c1ccccc12. The van der Waals surface area contributed by atoms with Gasteiger partial charge in [0.1, 0.15) is 0 Å². The molecule has 1 aliphatic rings. The molecule has 0 amide bonds. The van der Waals surface area contributed by atoms with Crippen molar-refractivity contribution in [2.45, 2.75) is 27.2 Å². The summed E-state index contributed by atoms with van der Waals surface area (Å²) in [4.78, 5) is 0. The van der Waals surface area contributed by atoms with Gasteiger partial charge in [0.2, 0.25) is 0 Å². The summed E-state index contributed by atoms with van der Waals surface area (Å²) in [5, 5.41) is 5.39. The van der Waals surface area contributed by atoms with Crippen LogP contribution in [0.5, 0.6) is 0 Å². The molecule has 0 saturated carbocycles. The van der Waals surface area contributed by atoms with E-state index in [2.05, 4.69) is 93.2 Å². The van der Waals surface area contributed by atoms with E-state index in [4.69, 9.17) is 0 Å². The Balaban J connectivity index is -0.000000389. The zero-order chi connectivity index (χ0) is 20.7. The van der Waals surface area contributed by atoms with Crippen molar-refractivity contribution in [3.05, 3.63) is 134 Å². The Morgan fingerprint density at radius 1 is 0.909 bits per heavy atom. The molecule has 4 aromatic rings. The van der Waals surface area contributed by atoms with Crippen LogP contribution in [0.1, 0.15) is 27.2 Å². The van der Waals surface area contributed by atoms with Gasteiger partial charge in [0, 0.05) is 0 Å². The Morgan fingerprint density at radius 3 is 1.67 bits per heavy atom. The Kier molecular flexibility index (Phi) is 23.9. The second kappa shape index (κ2) is 22.0. The molecule has 33 heavy (non-hydrogen) atoms. The Morgan fingerprint density at radius 2 is 1.39 bits per heavy atom. The number of fused-ring (bicyclic) bond motifs is 3. The number of hydrogen-bond acceptors (Lipinski definition) is 0. The minimum absolute atomic E-state index is 0. The minimum atomic E-state index is 0. The van der Waals surface area contributed by atoms with Gasteiger partial charge in [0.05, 0.1) is 0 Å². The van der Waals surface area contributed by atoms with E-state index >= 15 is 0 Å². The average molecular weight is 555 g/mol. The van der Waals surface area contributed by atoms with Crippen LogP contribution in [-0.4, -0.2) is 0 Å². The smallest absolute Gasteiger partial charge is 1.00 e. The van der Waals surface area contributed by atoms with Crippen LogP contribution >= 0.6 is 0 Å². The van der Waals surface area contributed by atoms with Crippen LogP contribution in [0.15, 0.2) is 115 Å².